The van der Waals surface area contributed by atoms with Crippen molar-refractivity contribution in [2.75, 3.05) is 6.54 Å². The first-order valence-corrected chi connectivity index (χ1v) is 7.64. The van der Waals surface area contributed by atoms with Gasteiger partial charge in [0.2, 0.25) is 0 Å². The molecule has 1 N–H and O–H groups in total. The first-order chi connectivity index (χ1) is 8.72. The van der Waals surface area contributed by atoms with Crippen LogP contribution >= 0.6 is 39.1 Å². The molecule has 1 aromatic heterocycles. The monoisotopic (exact) mass is 345 g/mol. The first-order valence-electron chi connectivity index (χ1n) is 5.69. The van der Waals surface area contributed by atoms with Gasteiger partial charge in [-0.1, -0.05) is 45.0 Å². The van der Waals surface area contributed by atoms with Crippen LogP contribution in [0.25, 0.3) is 11.3 Å². The van der Waals surface area contributed by atoms with Gasteiger partial charge in [0.25, 0.3) is 0 Å². The van der Waals surface area contributed by atoms with Crippen molar-refractivity contribution in [2.45, 2.75) is 19.9 Å². The molecule has 0 radical (unpaired) electrons. The van der Waals surface area contributed by atoms with Crippen LogP contribution < -0.4 is 5.32 Å². The SMILES string of the molecule is CCCNCc1snnc1-c1ccc(Br)cc1Cl. The molecule has 0 unspecified atom stereocenters. The maximum Gasteiger partial charge on any atom is 0.111 e. The van der Waals surface area contributed by atoms with Crippen LogP contribution in [0.4, 0.5) is 0 Å². The molecule has 0 atom stereocenters. The fourth-order valence-corrected chi connectivity index (χ4v) is 2.98. The van der Waals surface area contributed by atoms with Crippen molar-refractivity contribution in [2.24, 2.45) is 0 Å². The Morgan fingerprint density at radius 1 is 1.44 bits per heavy atom. The highest BCUT2D eigenvalue weighted by Gasteiger charge is 2.13. The molecule has 0 aliphatic heterocycles. The van der Waals surface area contributed by atoms with Crippen LogP contribution in [0.1, 0.15) is 18.2 Å². The molecular weight excluding hydrogens is 334 g/mol. The lowest BCUT2D eigenvalue weighted by Crippen LogP contribution is -2.13. The molecule has 0 saturated heterocycles. The van der Waals surface area contributed by atoms with Gasteiger partial charge in [-0.05, 0) is 36.6 Å². The van der Waals surface area contributed by atoms with Gasteiger partial charge in [0.05, 0.1) is 9.90 Å². The maximum atomic E-state index is 6.24. The molecule has 18 heavy (non-hydrogen) atoms. The molecule has 0 bridgehead atoms. The van der Waals surface area contributed by atoms with E-state index in [1.165, 1.54) is 11.5 Å². The Labute approximate surface area is 124 Å². The minimum absolute atomic E-state index is 0.689. The standard InChI is InChI=1S/C12H13BrClN3S/c1-2-5-15-7-11-12(16-17-18-11)9-4-3-8(13)6-10(9)14/h3-4,6,15H,2,5,7H2,1H3. The molecular formula is C12H13BrClN3S. The van der Waals surface area contributed by atoms with E-state index in [2.05, 4.69) is 37.8 Å². The van der Waals surface area contributed by atoms with Crippen molar-refractivity contribution in [3.63, 3.8) is 0 Å². The third-order valence-corrected chi connectivity index (χ3v) is 3.98. The number of nitrogens with one attached hydrogen (secondary N) is 1. The zero-order chi connectivity index (χ0) is 13.0. The van der Waals surface area contributed by atoms with Crippen LogP contribution in [0.2, 0.25) is 5.02 Å². The van der Waals surface area contributed by atoms with Gasteiger partial charge >= 0.3 is 0 Å². The quantitative estimate of drug-likeness (QED) is 0.828. The molecule has 0 spiro atoms. The second-order valence-electron chi connectivity index (χ2n) is 3.85. The molecule has 6 heteroatoms. The number of aromatic nitrogens is 2. The molecule has 2 rings (SSSR count). The fourth-order valence-electron chi connectivity index (χ4n) is 1.59. The van der Waals surface area contributed by atoms with Crippen molar-refractivity contribution >= 4 is 39.1 Å². The normalized spacial score (nSPS) is 10.8. The number of hydrogen-bond donors (Lipinski definition) is 1. The van der Waals surface area contributed by atoms with E-state index >= 15 is 0 Å². The average Bonchev–Trinajstić information content (AvgIpc) is 2.78. The Morgan fingerprint density at radius 3 is 3.00 bits per heavy atom. The van der Waals surface area contributed by atoms with Crippen molar-refractivity contribution in [3.05, 3.63) is 32.6 Å². The Morgan fingerprint density at radius 2 is 2.28 bits per heavy atom. The molecule has 96 valence electrons. The minimum Gasteiger partial charge on any atom is -0.312 e. The smallest absolute Gasteiger partial charge is 0.111 e. The summed E-state index contributed by atoms with van der Waals surface area (Å²) in [6.07, 6.45) is 1.11. The van der Waals surface area contributed by atoms with E-state index in [1.807, 2.05) is 18.2 Å². The van der Waals surface area contributed by atoms with E-state index in [0.29, 0.717) is 5.02 Å². The number of benzene rings is 1. The highest BCUT2D eigenvalue weighted by atomic mass is 79.9. The van der Waals surface area contributed by atoms with Gasteiger partial charge in [0, 0.05) is 16.6 Å². The molecule has 0 amide bonds. The molecule has 0 aliphatic carbocycles. The molecule has 2 aromatic rings. The van der Waals surface area contributed by atoms with Crippen molar-refractivity contribution in [1.82, 2.24) is 14.9 Å². The predicted octanol–water partition coefficient (Wildman–Crippen LogP) is 4.12. The summed E-state index contributed by atoms with van der Waals surface area (Å²) in [4.78, 5) is 1.12. The zero-order valence-electron chi connectivity index (χ0n) is 9.91. The maximum absolute atomic E-state index is 6.24. The summed E-state index contributed by atoms with van der Waals surface area (Å²) in [5, 5.41) is 8.23. The highest BCUT2D eigenvalue weighted by molar-refractivity contribution is 9.10. The summed E-state index contributed by atoms with van der Waals surface area (Å²) in [5.41, 5.74) is 1.81. The zero-order valence-corrected chi connectivity index (χ0v) is 13.1. The van der Waals surface area contributed by atoms with Crippen LogP contribution in [-0.2, 0) is 6.54 Å². The van der Waals surface area contributed by atoms with Crippen LogP contribution in [-0.4, -0.2) is 16.1 Å². The Hall–Kier alpha value is -0.490. The molecule has 3 nitrogen and oxygen atoms in total. The largest absolute Gasteiger partial charge is 0.312 e. The Kier molecular flexibility index (Phi) is 5.12. The van der Waals surface area contributed by atoms with Crippen molar-refractivity contribution in [1.29, 1.82) is 0 Å². The van der Waals surface area contributed by atoms with Crippen LogP contribution in [0.3, 0.4) is 0 Å². The van der Waals surface area contributed by atoms with E-state index in [1.54, 1.807) is 0 Å². The summed E-state index contributed by atoms with van der Waals surface area (Å²) in [5.74, 6) is 0. The number of hydrogen-bond acceptors (Lipinski definition) is 4. The van der Waals surface area contributed by atoms with Gasteiger partial charge in [-0.25, -0.2) is 0 Å². The number of nitrogens with zero attached hydrogens (tertiary/aromatic N) is 2. The number of halogens is 2. The first kappa shape index (κ1) is 13.9. The van der Waals surface area contributed by atoms with Crippen LogP contribution in [0.5, 0.6) is 0 Å². The van der Waals surface area contributed by atoms with Gasteiger partial charge in [0.1, 0.15) is 5.69 Å². The van der Waals surface area contributed by atoms with E-state index in [9.17, 15) is 0 Å². The molecule has 1 aromatic carbocycles. The number of rotatable bonds is 5. The van der Waals surface area contributed by atoms with Gasteiger partial charge < -0.3 is 5.32 Å². The van der Waals surface area contributed by atoms with E-state index in [4.69, 9.17) is 11.6 Å². The van der Waals surface area contributed by atoms with Gasteiger partial charge in [-0.3, -0.25) is 0 Å². The highest BCUT2D eigenvalue weighted by Crippen LogP contribution is 2.32. The summed E-state index contributed by atoms with van der Waals surface area (Å²) < 4.78 is 4.99. The van der Waals surface area contributed by atoms with Crippen molar-refractivity contribution < 1.29 is 0 Å². The summed E-state index contributed by atoms with van der Waals surface area (Å²) in [7, 11) is 0. The summed E-state index contributed by atoms with van der Waals surface area (Å²) >= 11 is 11.1. The van der Waals surface area contributed by atoms with Gasteiger partial charge in [-0.15, -0.1) is 5.10 Å². The van der Waals surface area contributed by atoms with Crippen LogP contribution in [0, 0.1) is 0 Å². The van der Waals surface area contributed by atoms with Gasteiger partial charge in [0.15, 0.2) is 0 Å². The molecule has 1 heterocycles. The summed E-state index contributed by atoms with van der Waals surface area (Å²) in [6.45, 7) is 3.92. The van der Waals surface area contributed by atoms with E-state index in [-0.39, 0.29) is 0 Å². The topological polar surface area (TPSA) is 37.8 Å². The average molecular weight is 347 g/mol. The third-order valence-electron chi connectivity index (χ3n) is 2.45. The van der Waals surface area contributed by atoms with Gasteiger partial charge in [-0.2, -0.15) is 0 Å². The lowest BCUT2D eigenvalue weighted by molar-refractivity contribution is 0.681. The third kappa shape index (κ3) is 3.29. The second kappa shape index (κ2) is 6.61. The molecule has 0 fully saturated rings. The minimum atomic E-state index is 0.689. The predicted molar refractivity (Wildman–Crippen MR) is 80.1 cm³/mol. The summed E-state index contributed by atoms with van der Waals surface area (Å²) in [6, 6.07) is 5.80. The Bertz CT molecular complexity index is 530. The Balaban J connectivity index is 2.25. The lowest BCUT2D eigenvalue weighted by Gasteiger charge is -2.05. The molecule has 0 aliphatic rings. The lowest BCUT2D eigenvalue weighted by atomic mass is 10.1. The fraction of sp³-hybridized carbons (Fsp3) is 0.333. The van der Waals surface area contributed by atoms with Crippen LogP contribution in [0.15, 0.2) is 22.7 Å². The van der Waals surface area contributed by atoms with Crippen molar-refractivity contribution in [3.8, 4) is 11.3 Å². The van der Waals surface area contributed by atoms with E-state index in [0.717, 1.165) is 40.1 Å². The van der Waals surface area contributed by atoms with E-state index < -0.39 is 0 Å². The second-order valence-corrected chi connectivity index (χ2v) is 6.01. The molecule has 0 saturated carbocycles.